The maximum Gasteiger partial charge on any atom is 0.251 e. The van der Waals surface area contributed by atoms with Gasteiger partial charge in [0.05, 0.1) is 19.4 Å². The average Bonchev–Trinajstić information content (AvgIpc) is 3.36. The van der Waals surface area contributed by atoms with E-state index in [0.29, 0.717) is 27.4 Å². The quantitative estimate of drug-likeness (QED) is 0.477. The molecule has 0 saturated heterocycles. The van der Waals surface area contributed by atoms with Gasteiger partial charge in [-0.1, -0.05) is 30.0 Å². The van der Waals surface area contributed by atoms with E-state index in [0.717, 1.165) is 11.4 Å². The summed E-state index contributed by atoms with van der Waals surface area (Å²) in [5, 5.41) is 23.5. The zero-order chi connectivity index (χ0) is 21.5. The van der Waals surface area contributed by atoms with Crippen LogP contribution in [0.5, 0.6) is 5.75 Å². The van der Waals surface area contributed by atoms with Crippen LogP contribution in [0.1, 0.15) is 28.1 Å². The van der Waals surface area contributed by atoms with Crippen LogP contribution in [0.3, 0.4) is 0 Å². The molecular weight excluding hydrogens is 426 g/mol. The van der Waals surface area contributed by atoms with Crippen molar-refractivity contribution < 1.29 is 14.3 Å². The van der Waals surface area contributed by atoms with Crippen molar-refractivity contribution in [1.29, 1.82) is 0 Å². The number of carbonyl (C=O) groups is 2. The number of carbonyl (C=O) groups excluding carboxylic acids is 2. The molecule has 1 aromatic carbocycles. The van der Waals surface area contributed by atoms with Gasteiger partial charge in [0.25, 0.3) is 5.91 Å². The summed E-state index contributed by atoms with van der Waals surface area (Å²) in [7, 11) is 3.36. The first-order valence-electron chi connectivity index (χ1n) is 9.05. The maximum atomic E-state index is 12.3. The summed E-state index contributed by atoms with van der Waals surface area (Å²) in [6, 6.07) is 6.82. The first-order chi connectivity index (χ1) is 14.5. The SMILES string of the molecule is CCc1nnc(NC(=O)CSc2nnc(CNC(=O)c3ccc(OC)cc3)n2C)s1. The number of hydrogen-bond acceptors (Lipinski definition) is 9. The summed E-state index contributed by atoms with van der Waals surface area (Å²) in [4.78, 5) is 24.4. The largest absolute Gasteiger partial charge is 0.497 e. The van der Waals surface area contributed by atoms with Crippen molar-refractivity contribution in [3.63, 3.8) is 0 Å². The standard InChI is InChI=1S/C18H21N7O3S2/c1-4-15-22-23-17(30-15)20-14(26)10-29-18-24-21-13(25(18)2)9-19-16(27)11-5-7-12(28-3)8-6-11/h5-8H,4,9-10H2,1-3H3,(H,19,27)(H,20,23,26). The third-order valence-electron chi connectivity index (χ3n) is 4.03. The van der Waals surface area contributed by atoms with E-state index in [9.17, 15) is 9.59 Å². The van der Waals surface area contributed by atoms with Crippen LogP contribution in [0, 0.1) is 0 Å². The third-order valence-corrected chi connectivity index (χ3v) is 6.04. The highest BCUT2D eigenvalue weighted by Crippen LogP contribution is 2.19. The van der Waals surface area contributed by atoms with Gasteiger partial charge in [0, 0.05) is 12.6 Å². The molecule has 10 nitrogen and oxygen atoms in total. The van der Waals surface area contributed by atoms with E-state index in [1.165, 1.54) is 23.1 Å². The molecule has 158 valence electrons. The topological polar surface area (TPSA) is 124 Å². The predicted octanol–water partition coefficient (Wildman–Crippen LogP) is 1.90. The monoisotopic (exact) mass is 447 g/mol. The van der Waals surface area contributed by atoms with Gasteiger partial charge < -0.3 is 14.6 Å². The number of methoxy groups -OCH3 is 1. The summed E-state index contributed by atoms with van der Waals surface area (Å²) >= 11 is 2.61. The number of anilines is 1. The average molecular weight is 448 g/mol. The summed E-state index contributed by atoms with van der Waals surface area (Å²) in [5.41, 5.74) is 0.521. The van der Waals surface area contributed by atoms with Gasteiger partial charge in [-0.15, -0.1) is 20.4 Å². The number of nitrogens with one attached hydrogen (secondary N) is 2. The molecule has 0 atom stereocenters. The van der Waals surface area contributed by atoms with E-state index in [1.54, 1.807) is 43.0 Å². The molecule has 0 bridgehead atoms. The second-order valence-electron chi connectivity index (χ2n) is 6.06. The molecule has 3 rings (SSSR count). The molecule has 2 heterocycles. The summed E-state index contributed by atoms with van der Waals surface area (Å²) in [5.74, 6) is 0.999. The fourth-order valence-electron chi connectivity index (χ4n) is 2.36. The first kappa shape index (κ1) is 21.7. The Hall–Kier alpha value is -2.99. The molecule has 0 aliphatic carbocycles. The molecule has 0 spiro atoms. The molecule has 0 saturated carbocycles. The second-order valence-corrected chi connectivity index (χ2v) is 8.06. The number of hydrogen-bond donors (Lipinski definition) is 2. The lowest BCUT2D eigenvalue weighted by atomic mass is 10.2. The number of ether oxygens (including phenoxy) is 1. The molecule has 30 heavy (non-hydrogen) atoms. The Labute approximate surface area is 181 Å². The highest BCUT2D eigenvalue weighted by molar-refractivity contribution is 7.99. The smallest absolute Gasteiger partial charge is 0.251 e. The zero-order valence-electron chi connectivity index (χ0n) is 16.7. The van der Waals surface area contributed by atoms with Gasteiger partial charge in [-0.05, 0) is 30.7 Å². The molecule has 0 aliphatic heterocycles. The van der Waals surface area contributed by atoms with Crippen molar-refractivity contribution in [3.05, 3.63) is 40.7 Å². The highest BCUT2D eigenvalue weighted by Gasteiger charge is 2.14. The molecule has 0 aliphatic rings. The first-order valence-corrected chi connectivity index (χ1v) is 10.9. The normalized spacial score (nSPS) is 10.6. The minimum Gasteiger partial charge on any atom is -0.497 e. The molecule has 3 aromatic rings. The molecule has 12 heteroatoms. The minimum atomic E-state index is -0.224. The lowest BCUT2D eigenvalue weighted by molar-refractivity contribution is -0.113. The van der Waals surface area contributed by atoms with E-state index in [-0.39, 0.29) is 24.1 Å². The van der Waals surface area contributed by atoms with E-state index >= 15 is 0 Å². The lowest BCUT2D eigenvalue weighted by Gasteiger charge is -2.07. The van der Waals surface area contributed by atoms with Crippen molar-refractivity contribution in [2.24, 2.45) is 7.05 Å². The van der Waals surface area contributed by atoms with Crippen molar-refractivity contribution >= 4 is 40.0 Å². The van der Waals surface area contributed by atoms with E-state index in [2.05, 4.69) is 31.0 Å². The molecule has 0 radical (unpaired) electrons. The number of aryl methyl sites for hydroxylation is 1. The molecule has 2 amide bonds. The second kappa shape index (κ2) is 10.2. The van der Waals surface area contributed by atoms with Crippen LogP contribution in [-0.4, -0.2) is 49.6 Å². The predicted molar refractivity (Wildman–Crippen MR) is 114 cm³/mol. The molecule has 2 N–H and O–H groups in total. The van der Waals surface area contributed by atoms with Crippen LogP contribution in [0.15, 0.2) is 29.4 Å². The van der Waals surface area contributed by atoms with E-state index in [4.69, 9.17) is 4.74 Å². The van der Waals surface area contributed by atoms with Gasteiger partial charge in [-0.2, -0.15) is 0 Å². The van der Waals surface area contributed by atoms with Crippen LogP contribution in [0.2, 0.25) is 0 Å². The van der Waals surface area contributed by atoms with Crippen molar-refractivity contribution in [2.75, 3.05) is 18.2 Å². The Kier molecular flexibility index (Phi) is 7.36. The van der Waals surface area contributed by atoms with Gasteiger partial charge in [-0.25, -0.2) is 0 Å². The van der Waals surface area contributed by atoms with Gasteiger partial charge in [0.15, 0.2) is 11.0 Å². The Morgan fingerprint density at radius 2 is 1.93 bits per heavy atom. The van der Waals surface area contributed by atoms with Crippen LogP contribution in [0.4, 0.5) is 5.13 Å². The third kappa shape index (κ3) is 5.54. The number of amides is 2. The Balaban J connectivity index is 1.49. The Morgan fingerprint density at radius 3 is 2.60 bits per heavy atom. The summed E-state index contributed by atoms with van der Waals surface area (Å²) < 4.78 is 6.83. The van der Waals surface area contributed by atoms with Gasteiger partial charge in [0.2, 0.25) is 11.0 Å². The zero-order valence-corrected chi connectivity index (χ0v) is 18.3. The minimum absolute atomic E-state index is 0.158. The van der Waals surface area contributed by atoms with Crippen molar-refractivity contribution in [3.8, 4) is 5.75 Å². The lowest BCUT2D eigenvalue weighted by Crippen LogP contribution is -2.24. The Bertz CT molecular complexity index is 1020. The van der Waals surface area contributed by atoms with E-state index < -0.39 is 0 Å². The molecular formula is C18H21N7O3S2. The number of benzene rings is 1. The molecule has 0 unspecified atom stereocenters. The number of nitrogens with zero attached hydrogens (tertiary/aromatic N) is 5. The van der Waals surface area contributed by atoms with Crippen LogP contribution in [0.25, 0.3) is 0 Å². The molecule has 0 fully saturated rings. The summed E-state index contributed by atoms with van der Waals surface area (Å²) in [6.07, 6.45) is 0.777. The van der Waals surface area contributed by atoms with Crippen molar-refractivity contribution in [2.45, 2.75) is 25.0 Å². The van der Waals surface area contributed by atoms with Crippen LogP contribution < -0.4 is 15.4 Å². The number of aromatic nitrogens is 5. The van der Waals surface area contributed by atoms with Crippen LogP contribution in [-0.2, 0) is 24.8 Å². The van der Waals surface area contributed by atoms with Crippen molar-refractivity contribution in [1.82, 2.24) is 30.3 Å². The van der Waals surface area contributed by atoms with E-state index in [1.807, 2.05) is 6.92 Å². The van der Waals surface area contributed by atoms with Gasteiger partial charge in [0.1, 0.15) is 10.8 Å². The van der Waals surface area contributed by atoms with Gasteiger partial charge >= 0.3 is 0 Å². The van der Waals surface area contributed by atoms with Crippen LogP contribution >= 0.6 is 23.1 Å². The maximum absolute atomic E-state index is 12.3. The Morgan fingerprint density at radius 1 is 1.17 bits per heavy atom. The fraction of sp³-hybridized carbons (Fsp3) is 0.333. The summed E-state index contributed by atoms with van der Waals surface area (Å²) in [6.45, 7) is 2.19. The number of rotatable bonds is 9. The highest BCUT2D eigenvalue weighted by atomic mass is 32.2. The number of thioether (sulfide) groups is 1. The fourth-order valence-corrected chi connectivity index (χ4v) is 3.79. The van der Waals surface area contributed by atoms with Gasteiger partial charge in [-0.3, -0.25) is 14.9 Å². The molecule has 2 aromatic heterocycles.